The lowest BCUT2D eigenvalue weighted by atomic mass is 10.1. The summed E-state index contributed by atoms with van der Waals surface area (Å²) in [5.41, 5.74) is 5.49. The number of carbonyl (C=O) groups excluding carboxylic acids is 1. The van der Waals surface area contributed by atoms with Crippen molar-refractivity contribution in [3.63, 3.8) is 0 Å². The number of halogens is 1. The number of benzene rings is 1. The number of amides is 1. The predicted octanol–water partition coefficient (Wildman–Crippen LogP) is 1.59. The Morgan fingerprint density at radius 2 is 2.22 bits per heavy atom. The molecule has 1 aromatic rings. The molecule has 4 nitrogen and oxygen atoms in total. The van der Waals surface area contributed by atoms with Crippen molar-refractivity contribution in [2.24, 2.45) is 11.7 Å². The summed E-state index contributed by atoms with van der Waals surface area (Å²) in [6.07, 6.45) is 0. The fraction of sp³-hybridized carbons (Fsp3) is 0.462. The molecule has 1 amide bonds. The number of nitrogens with zero attached hydrogens (tertiary/aromatic N) is 1. The second kappa shape index (κ2) is 6.35. The molecule has 0 saturated carbocycles. The Labute approximate surface area is 106 Å². The maximum atomic E-state index is 13.6. The third-order valence-electron chi connectivity index (χ3n) is 2.79. The minimum Gasteiger partial charge on any atom is -0.508 e. The number of rotatable bonds is 5. The summed E-state index contributed by atoms with van der Waals surface area (Å²) in [6, 6.07) is 3.53. The SMILES string of the molecule is CCN(CC(C)CN)C(=O)c1ccc(O)cc1F. The molecule has 0 aliphatic rings. The summed E-state index contributed by atoms with van der Waals surface area (Å²) in [5, 5.41) is 9.12. The second-order valence-electron chi connectivity index (χ2n) is 4.35. The van der Waals surface area contributed by atoms with Crippen LogP contribution < -0.4 is 5.73 Å². The van der Waals surface area contributed by atoms with Gasteiger partial charge in [-0.2, -0.15) is 0 Å². The molecule has 0 bridgehead atoms. The molecule has 0 aromatic heterocycles. The van der Waals surface area contributed by atoms with Crippen LogP contribution in [-0.2, 0) is 0 Å². The highest BCUT2D eigenvalue weighted by Crippen LogP contribution is 2.17. The first-order valence-electron chi connectivity index (χ1n) is 5.97. The fourth-order valence-electron chi connectivity index (χ4n) is 1.65. The molecule has 0 aliphatic carbocycles. The standard InChI is InChI=1S/C13H19FN2O2/c1-3-16(8-9(2)7-15)13(18)11-5-4-10(17)6-12(11)14/h4-6,9,17H,3,7-8,15H2,1-2H3. The Morgan fingerprint density at radius 3 is 2.72 bits per heavy atom. The van der Waals surface area contributed by atoms with Gasteiger partial charge in [0.05, 0.1) is 5.56 Å². The van der Waals surface area contributed by atoms with Gasteiger partial charge in [0.25, 0.3) is 5.91 Å². The van der Waals surface area contributed by atoms with Crippen molar-refractivity contribution in [2.75, 3.05) is 19.6 Å². The topological polar surface area (TPSA) is 66.6 Å². The van der Waals surface area contributed by atoms with Crippen LogP contribution in [0.3, 0.4) is 0 Å². The Morgan fingerprint density at radius 1 is 1.56 bits per heavy atom. The molecule has 0 aliphatic heterocycles. The van der Waals surface area contributed by atoms with Crippen LogP contribution in [0.5, 0.6) is 5.75 Å². The van der Waals surface area contributed by atoms with Crippen LogP contribution >= 0.6 is 0 Å². The van der Waals surface area contributed by atoms with Crippen LogP contribution in [0.4, 0.5) is 4.39 Å². The van der Waals surface area contributed by atoms with Crippen molar-refractivity contribution < 1.29 is 14.3 Å². The number of phenols is 1. The number of aromatic hydroxyl groups is 1. The molecule has 18 heavy (non-hydrogen) atoms. The van der Waals surface area contributed by atoms with Crippen LogP contribution in [0, 0.1) is 11.7 Å². The normalized spacial score (nSPS) is 12.2. The van der Waals surface area contributed by atoms with Crippen molar-refractivity contribution in [3.8, 4) is 5.75 Å². The smallest absolute Gasteiger partial charge is 0.256 e. The number of phenolic OH excluding ortho intramolecular Hbond substituents is 1. The van der Waals surface area contributed by atoms with Crippen molar-refractivity contribution in [1.82, 2.24) is 4.90 Å². The van der Waals surface area contributed by atoms with Crippen molar-refractivity contribution in [3.05, 3.63) is 29.6 Å². The van der Waals surface area contributed by atoms with E-state index in [0.29, 0.717) is 19.6 Å². The van der Waals surface area contributed by atoms with Gasteiger partial charge in [0.15, 0.2) is 0 Å². The highest BCUT2D eigenvalue weighted by molar-refractivity contribution is 5.94. The summed E-state index contributed by atoms with van der Waals surface area (Å²) >= 11 is 0. The van der Waals surface area contributed by atoms with Gasteiger partial charge in [-0.1, -0.05) is 6.92 Å². The van der Waals surface area contributed by atoms with Crippen LogP contribution in [-0.4, -0.2) is 35.5 Å². The van der Waals surface area contributed by atoms with E-state index in [0.717, 1.165) is 6.07 Å². The predicted molar refractivity (Wildman–Crippen MR) is 67.9 cm³/mol. The van der Waals surface area contributed by atoms with E-state index < -0.39 is 5.82 Å². The summed E-state index contributed by atoms with van der Waals surface area (Å²) in [7, 11) is 0. The van der Waals surface area contributed by atoms with E-state index in [1.807, 2.05) is 13.8 Å². The molecule has 1 aromatic carbocycles. The van der Waals surface area contributed by atoms with E-state index in [4.69, 9.17) is 10.8 Å². The van der Waals surface area contributed by atoms with E-state index in [2.05, 4.69) is 0 Å². The van der Waals surface area contributed by atoms with Gasteiger partial charge in [-0.15, -0.1) is 0 Å². The molecule has 5 heteroatoms. The van der Waals surface area contributed by atoms with Gasteiger partial charge >= 0.3 is 0 Å². The largest absolute Gasteiger partial charge is 0.508 e. The van der Waals surface area contributed by atoms with Crippen molar-refractivity contribution in [1.29, 1.82) is 0 Å². The minimum absolute atomic E-state index is 0.0288. The van der Waals surface area contributed by atoms with Crippen LogP contribution in [0.25, 0.3) is 0 Å². The van der Waals surface area contributed by atoms with E-state index in [1.54, 1.807) is 4.90 Å². The molecule has 1 atom stereocenters. The van der Waals surface area contributed by atoms with E-state index >= 15 is 0 Å². The van der Waals surface area contributed by atoms with E-state index in [-0.39, 0.29) is 23.1 Å². The van der Waals surface area contributed by atoms with Gasteiger partial charge in [-0.25, -0.2) is 4.39 Å². The molecular formula is C13H19FN2O2. The molecule has 0 saturated heterocycles. The number of hydrogen-bond donors (Lipinski definition) is 2. The lowest BCUT2D eigenvalue weighted by Crippen LogP contribution is -2.37. The Balaban J connectivity index is 2.89. The summed E-state index contributed by atoms with van der Waals surface area (Å²) in [4.78, 5) is 13.7. The lowest BCUT2D eigenvalue weighted by molar-refractivity contribution is 0.0739. The molecule has 3 N–H and O–H groups in total. The quantitative estimate of drug-likeness (QED) is 0.838. The Hall–Kier alpha value is -1.62. The Bertz CT molecular complexity index is 423. The third-order valence-corrected chi connectivity index (χ3v) is 2.79. The van der Waals surface area contributed by atoms with Gasteiger partial charge in [0.2, 0.25) is 0 Å². The summed E-state index contributed by atoms with van der Waals surface area (Å²) in [6.45, 7) is 5.22. The highest BCUT2D eigenvalue weighted by atomic mass is 19.1. The van der Waals surface area contributed by atoms with Crippen LogP contribution in [0.1, 0.15) is 24.2 Å². The average molecular weight is 254 g/mol. The number of hydrogen-bond acceptors (Lipinski definition) is 3. The van der Waals surface area contributed by atoms with Gasteiger partial charge in [-0.05, 0) is 31.5 Å². The zero-order valence-electron chi connectivity index (χ0n) is 10.7. The van der Waals surface area contributed by atoms with Gasteiger partial charge in [0.1, 0.15) is 11.6 Å². The van der Waals surface area contributed by atoms with Crippen molar-refractivity contribution >= 4 is 5.91 Å². The zero-order chi connectivity index (χ0) is 13.7. The van der Waals surface area contributed by atoms with Crippen LogP contribution in [0.15, 0.2) is 18.2 Å². The fourth-order valence-corrected chi connectivity index (χ4v) is 1.65. The first-order valence-corrected chi connectivity index (χ1v) is 5.97. The van der Waals surface area contributed by atoms with Gasteiger partial charge in [-0.3, -0.25) is 4.79 Å². The molecule has 1 rings (SSSR count). The lowest BCUT2D eigenvalue weighted by Gasteiger charge is -2.24. The molecule has 1 unspecified atom stereocenters. The number of nitrogens with two attached hydrogens (primary N) is 1. The maximum absolute atomic E-state index is 13.6. The second-order valence-corrected chi connectivity index (χ2v) is 4.35. The van der Waals surface area contributed by atoms with E-state index in [9.17, 15) is 9.18 Å². The summed E-state index contributed by atoms with van der Waals surface area (Å²) < 4.78 is 13.6. The molecule has 100 valence electrons. The highest BCUT2D eigenvalue weighted by Gasteiger charge is 2.19. The first-order chi connectivity index (χ1) is 8.49. The van der Waals surface area contributed by atoms with Crippen LogP contribution in [0.2, 0.25) is 0 Å². The monoisotopic (exact) mass is 254 g/mol. The maximum Gasteiger partial charge on any atom is 0.256 e. The molecular weight excluding hydrogens is 235 g/mol. The Kier molecular flexibility index (Phi) is 5.09. The summed E-state index contributed by atoms with van der Waals surface area (Å²) in [5.74, 6) is -1.12. The minimum atomic E-state index is -0.709. The van der Waals surface area contributed by atoms with E-state index in [1.165, 1.54) is 12.1 Å². The third kappa shape index (κ3) is 3.43. The number of carbonyl (C=O) groups is 1. The zero-order valence-corrected chi connectivity index (χ0v) is 10.7. The van der Waals surface area contributed by atoms with Crippen molar-refractivity contribution in [2.45, 2.75) is 13.8 Å². The average Bonchev–Trinajstić information content (AvgIpc) is 2.34. The molecule has 0 fully saturated rings. The first kappa shape index (κ1) is 14.4. The van der Waals surface area contributed by atoms with Gasteiger partial charge in [0, 0.05) is 19.2 Å². The molecule has 0 heterocycles. The van der Waals surface area contributed by atoms with Gasteiger partial charge < -0.3 is 15.7 Å². The molecule has 0 radical (unpaired) electrons. The molecule has 0 spiro atoms.